The lowest BCUT2D eigenvalue weighted by atomic mass is 9.71. The van der Waals surface area contributed by atoms with Gasteiger partial charge in [0.05, 0.1) is 11.7 Å². The van der Waals surface area contributed by atoms with E-state index in [4.69, 9.17) is 0 Å². The van der Waals surface area contributed by atoms with Gasteiger partial charge in [-0.1, -0.05) is 0 Å². The number of hydrogen-bond acceptors (Lipinski definition) is 2. The fourth-order valence-electron chi connectivity index (χ4n) is 4.65. The van der Waals surface area contributed by atoms with E-state index in [1.807, 2.05) is 13.2 Å². The molecule has 1 aliphatic rings. The van der Waals surface area contributed by atoms with Crippen LogP contribution in [0.2, 0.25) is 0 Å². The number of benzene rings is 2. The van der Waals surface area contributed by atoms with Crippen LogP contribution in [0.4, 0.5) is 13.2 Å². The summed E-state index contributed by atoms with van der Waals surface area (Å²) in [6.07, 6.45) is 5.55. The molecule has 1 amide bonds. The molecule has 2 aromatic carbocycles. The van der Waals surface area contributed by atoms with Crippen LogP contribution in [-0.2, 0) is 24.8 Å². The number of hydrogen-bond donors (Lipinski definition) is 2. The lowest BCUT2D eigenvalue weighted by Gasteiger charge is -2.34. The number of aryl methyl sites for hydroxylation is 1. The van der Waals surface area contributed by atoms with Crippen molar-refractivity contribution in [3.05, 3.63) is 77.4 Å². The van der Waals surface area contributed by atoms with Crippen molar-refractivity contribution >= 4 is 16.8 Å². The lowest BCUT2D eigenvalue weighted by Crippen LogP contribution is -2.39. The van der Waals surface area contributed by atoms with E-state index in [9.17, 15) is 18.0 Å². The highest BCUT2D eigenvalue weighted by atomic mass is 19.1. The molecule has 2 heterocycles. The van der Waals surface area contributed by atoms with Crippen LogP contribution < -0.4 is 5.32 Å². The molecule has 0 radical (unpaired) electrons. The van der Waals surface area contributed by atoms with E-state index >= 15 is 0 Å². The predicted octanol–water partition coefficient (Wildman–Crippen LogP) is 4.87. The molecule has 8 heteroatoms. The zero-order chi connectivity index (χ0) is 23.1. The molecule has 2 N–H and O–H groups in total. The molecule has 0 saturated heterocycles. The van der Waals surface area contributed by atoms with Gasteiger partial charge >= 0.3 is 0 Å². The van der Waals surface area contributed by atoms with E-state index in [2.05, 4.69) is 15.4 Å². The van der Waals surface area contributed by atoms with Crippen molar-refractivity contribution in [2.24, 2.45) is 18.9 Å². The Morgan fingerprint density at radius 1 is 1.15 bits per heavy atom. The molecule has 1 aliphatic carbocycles. The minimum absolute atomic E-state index is 0.00452. The first-order valence-corrected chi connectivity index (χ1v) is 10.9. The average molecular weight is 452 g/mol. The van der Waals surface area contributed by atoms with Crippen LogP contribution in [0.15, 0.2) is 48.8 Å². The Labute approximate surface area is 188 Å². The van der Waals surface area contributed by atoms with Gasteiger partial charge < -0.3 is 10.3 Å². The average Bonchev–Trinajstić information content (AvgIpc) is 3.33. The van der Waals surface area contributed by atoms with Gasteiger partial charge in [0.1, 0.15) is 17.5 Å². The topological polar surface area (TPSA) is 62.7 Å². The van der Waals surface area contributed by atoms with Crippen LogP contribution >= 0.6 is 0 Å². The largest absolute Gasteiger partial charge is 0.352 e. The number of carbonyl (C=O) groups is 1. The smallest absolute Gasteiger partial charge is 0.223 e. The number of amides is 1. The van der Waals surface area contributed by atoms with Crippen LogP contribution in [0.25, 0.3) is 22.2 Å². The Bertz CT molecular complexity index is 1320. The maximum absolute atomic E-state index is 14.5. The maximum atomic E-state index is 14.5. The summed E-state index contributed by atoms with van der Waals surface area (Å²) in [6.45, 7) is 0.434. The molecule has 170 valence electrons. The van der Waals surface area contributed by atoms with E-state index < -0.39 is 11.6 Å². The van der Waals surface area contributed by atoms with Crippen molar-refractivity contribution in [2.45, 2.75) is 25.8 Å². The normalized spacial score (nSPS) is 17.8. The highest BCUT2D eigenvalue weighted by Gasteiger charge is 2.35. The first-order valence-electron chi connectivity index (χ1n) is 10.9. The second-order valence-corrected chi connectivity index (χ2v) is 8.77. The molecule has 0 unspecified atom stereocenters. The van der Waals surface area contributed by atoms with Crippen molar-refractivity contribution < 1.29 is 18.0 Å². The van der Waals surface area contributed by atoms with Crippen LogP contribution in [0.5, 0.6) is 0 Å². The molecule has 33 heavy (non-hydrogen) atoms. The van der Waals surface area contributed by atoms with Crippen LogP contribution in [0, 0.1) is 29.3 Å². The molecule has 5 rings (SSSR count). The van der Waals surface area contributed by atoms with Crippen LogP contribution in [0.1, 0.15) is 24.0 Å². The molecular weight excluding hydrogens is 429 g/mol. The second-order valence-electron chi connectivity index (χ2n) is 8.77. The Kier molecular flexibility index (Phi) is 5.44. The van der Waals surface area contributed by atoms with Gasteiger partial charge in [0.25, 0.3) is 0 Å². The standard InChI is InChI=1S/C25H23F3N4O/c1-32-13-15(12-30-32)11-29-25(33)17-6-14(7-17)8-20-21-9-19(27)10-22(28)24(21)31-23(20)16-2-4-18(26)5-3-16/h2-5,9-10,12-14,17,31H,6-8,11H2,1H3,(H,29,33). The third-order valence-corrected chi connectivity index (χ3v) is 6.39. The first kappa shape index (κ1) is 21.3. The summed E-state index contributed by atoms with van der Waals surface area (Å²) < 4.78 is 43.6. The van der Waals surface area contributed by atoms with E-state index in [1.54, 1.807) is 23.0 Å². The number of nitrogens with one attached hydrogen (secondary N) is 2. The third-order valence-electron chi connectivity index (χ3n) is 6.39. The fraction of sp³-hybridized carbons (Fsp3) is 0.280. The van der Waals surface area contributed by atoms with Crippen molar-refractivity contribution in [3.63, 3.8) is 0 Å². The monoisotopic (exact) mass is 452 g/mol. The quantitative estimate of drug-likeness (QED) is 0.438. The maximum Gasteiger partial charge on any atom is 0.223 e. The lowest BCUT2D eigenvalue weighted by molar-refractivity contribution is -0.129. The second kappa shape index (κ2) is 8.42. The highest BCUT2D eigenvalue weighted by molar-refractivity contribution is 5.91. The van der Waals surface area contributed by atoms with E-state index in [0.717, 1.165) is 17.2 Å². The summed E-state index contributed by atoms with van der Waals surface area (Å²) in [5.41, 5.74) is 3.31. The van der Waals surface area contributed by atoms with Gasteiger partial charge in [-0.25, -0.2) is 13.2 Å². The Hall–Kier alpha value is -3.55. The highest BCUT2D eigenvalue weighted by Crippen LogP contribution is 2.41. The fourth-order valence-corrected chi connectivity index (χ4v) is 4.65. The van der Waals surface area contributed by atoms with Crippen LogP contribution in [-0.4, -0.2) is 20.7 Å². The van der Waals surface area contributed by atoms with Crippen molar-refractivity contribution in [1.82, 2.24) is 20.1 Å². The van der Waals surface area contributed by atoms with E-state index in [0.29, 0.717) is 42.5 Å². The zero-order valence-corrected chi connectivity index (χ0v) is 18.0. The number of aromatic amines is 1. The van der Waals surface area contributed by atoms with Crippen molar-refractivity contribution in [2.75, 3.05) is 0 Å². The van der Waals surface area contributed by atoms with Crippen molar-refractivity contribution in [3.8, 4) is 11.3 Å². The number of halogens is 3. The molecule has 0 spiro atoms. The molecule has 4 aromatic rings. The Morgan fingerprint density at radius 3 is 2.61 bits per heavy atom. The number of aromatic nitrogens is 3. The van der Waals surface area contributed by atoms with Gasteiger partial charge in [-0.2, -0.15) is 5.10 Å². The summed E-state index contributed by atoms with van der Waals surface area (Å²) in [5.74, 6) is -1.55. The van der Waals surface area contributed by atoms with Gasteiger partial charge in [0.2, 0.25) is 5.91 Å². The number of fused-ring (bicyclic) bond motifs is 1. The van der Waals surface area contributed by atoms with Gasteiger partial charge in [0, 0.05) is 48.4 Å². The van der Waals surface area contributed by atoms with Gasteiger partial charge in [-0.05, 0) is 66.6 Å². The Balaban J connectivity index is 1.33. The molecule has 0 aliphatic heterocycles. The number of rotatable bonds is 6. The van der Waals surface area contributed by atoms with E-state index in [-0.39, 0.29) is 29.1 Å². The summed E-state index contributed by atoms with van der Waals surface area (Å²) >= 11 is 0. The van der Waals surface area contributed by atoms with E-state index in [1.165, 1.54) is 18.2 Å². The summed E-state index contributed by atoms with van der Waals surface area (Å²) in [7, 11) is 1.82. The molecular formula is C25H23F3N4O. The molecule has 1 saturated carbocycles. The third kappa shape index (κ3) is 4.25. The van der Waals surface area contributed by atoms with Gasteiger partial charge in [0.15, 0.2) is 0 Å². The minimum atomic E-state index is -0.666. The zero-order valence-electron chi connectivity index (χ0n) is 18.0. The molecule has 0 atom stereocenters. The van der Waals surface area contributed by atoms with Gasteiger partial charge in [-0.15, -0.1) is 0 Å². The minimum Gasteiger partial charge on any atom is -0.352 e. The summed E-state index contributed by atoms with van der Waals surface area (Å²) in [5, 5.41) is 7.52. The molecule has 2 aromatic heterocycles. The van der Waals surface area contributed by atoms with Crippen LogP contribution in [0.3, 0.4) is 0 Å². The summed E-state index contributed by atoms with van der Waals surface area (Å²) in [4.78, 5) is 15.6. The number of nitrogens with zero attached hydrogens (tertiary/aromatic N) is 2. The molecule has 5 nitrogen and oxygen atoms in total. The SMILES string of the molecule is Cn1cc(CNC(=O)C2CC(Cc3c(-c4ccc(F)cc4)[nH]c4c(F)cc(F)cc34)C2)cn1. The Morgan fingerprint density at radius 2 is 1.91 bits per heavy atom. The van der Waals surface area contributed by atoms with Crippen molar-refractivity contribution in [1.29, 1.82) is 0 Å². The first-order chi connectivity index (χ1) is 15.9. The number of H-pyrrole nitrogens is 1. The number of carbonyl (C=O) groups excluding carboxylic acids is 1. The molecule has 1 fully saturated rings. The predicted molar refractivity (Wildman–Crippen MR) is 119 cm³/mol. The van der Waals surface area contributed by atoms with Gasteiger partial charge in [-0.3, -0.25) is 9.48 Å². The summed E-state index contributed by atoms with van der Waals surface area (Å²) in [6, 6.07) is 8.10. The molecule has 0 bridgehead atoms.